The van der Waals surface area contributed by atoms with E-state index < -0.39 is 29.7 Å². The van der Waals surface area contributed by atoms with Crippen molar-refractivity contribution in [3.63, 3.8) is 0 Å². The summed E-state index contributed by atoms with van der Waals surface area (Å²) >= 11 is 0. The van der Waals surface area contributed by atoms with Crippen molar-refractivity contribution in [1.29, 1.82) is 0 Å². The molecule has 1 amide bonds. The molecule has 2 rings (SSSR count). The van der Waals surface area contributed by atoms with Gasteiger partial charge in [0.05, 0.1) is 12.5 Å². The van der Waals surface area contributed by atoms with Crippen molar-refractivity contribution in [3.05, 3.63) is 27.4 Å². The van der Waals surface area contributed by atoms with Crippen LogP contribution in [0.3, 0.4) is 0 Å². The van der Waals surface area contributed by atoms with Gasteiger partial charge < -0.3 is 20.1 Å². The fraction of sp³-hybridized carbons (Fsp3) is 0.538. The van der Waals surface area contributed by atoms with Crippen molar-refractivity contribution in [2.24, 2.45) is 0 Å². The zero-order chi connectivity index (χ0) is 15.7. The molecule has 0 spiro atoms. The molecule has 0 saturated carbocycles. The first-order chi connectivity index (χ1) is 9.79. The Labute approximate surface area is 120 Å². The van der Waals surface area contributed by atoms with Crippen LogP contribution < -0.4 is 5.69 Å². The fourth-order valence-electron chi connectivity index (χ4n) is 2.59. The highest BCUT2D eigenvalue weighted by Gasteiger charge is 2.38. The maximum atomic E-state index is 12.3. The summed E-state index contributed by atoms with van der Waals surface area (Å²) in [5, 5.41) is 18.7. The van der Waals surface area contributed by atoms with Crippen molar-refractivity contribution in [1.82, 2.24) is 14.9 Å². The van der Waals surface area contributed by atoms with Crippen molar-refractivity contribution in [2.75, 3.05) is 6.54 Å². The molecule has 0 aromatic carbocycles. The quantitative estimate of drug-likeness (QED) is 0.655. The number of aryl methyl sites for hydroxylation is 2. The van der Waals surface area contributed by atoms with Gasteiger partial charge in [-0.3, -0.25) is 4.79 Å². The highest BCUT2D eigenvalue weighted by molar-refractivity contribution is 5.86. The van der Waals surface area contributed by atoms with Gasteiger partial charge in [-0.1, -0.05) is 0 Å². The molecule has 1 saturated heterocycles. The van der Waals surface area contributed by atoms with Crippen molar-refractivity contribution in [2.45, 2.75) is 38.8 Å². The molecule has 2 unspecified atom stereocenters. The number of hydrogen-bond donors (Lipinski definition) is 3. The molecule has 3 N–H and O–H groups in total. The second-order valence-electron chi connectivity index (χ2n) is 5.20. The van der Waals surface area contributed by atoms with Crippen LogP contribution in [0.1, 0.15) is 23.4 Å². The summed E-state index contributed by atoms with van der Waals surface area (Å²) in [6.45, 7) is 3.29. The van der Waals surface area contributed by atoms with E-state index >= 15 is 0 Å². The molecule has 0 aliphatic carbocycles. The maximum Gasteiger partial charge on any atom is 0.345 e. The van der Waals surface area contributed by atoms with Crippen molar-refractivity contribution < 1.29 is 19.8 Å². The Morgan fingerprint density at radius 2 is 2.10 bits per heavy atom. The average molecular weight is 295 g/mol. The highest BCUT2D eigenvalue weighted by atomic mass is 16.4. The predicted octanol–water partition coefficient (Wildman–Crippen LogP) is -1.02. The van der Waals surface area contributed by atoms with Gasteiger partial charge >= 0.3 is 11.7 Å². The minimum atomic E-state index is -1.13. The highest BCUT2D eigenvalue weighted by Crippen LogP contribution is 2.20. The van der Waals surface area contributed by atoms with Crippen LogP contribution in [0.5, 0.6) is 0 Å². The van der Waals surface area contributed by atoms with E-state index in [1.807, 2.05) is 0 Å². The Bertz CT molecular complexity index is 613. The van der Waals surface area contributed by atoms with Gasteiger partial charge in [-0.25, -0.2) is 9.59 Å². The first-order valence-electron chi connectivity index (χ1n) is 6.56. The second kappa shape index (κ2) is 5.65. The number of H-pyrrole nitrogens is 1. The van der Waals surface area contributed by atoms with Crippen LogP contribution in [0.4, 0.5) is 0 Å². The van der Waals surface area contributed by atoms with Gasteiger partial charge in [-0.2, -0.15) is 4.98 Å². The lowest BCUT2D eigenvalue weighted by Crippen LogP contribution is -2.41. The standard InChI is InChI=1S/C13H17N3O5/c1-6-9(7(2)15-13(21)14-6)4-11(18)16-5-8(17)3-10(16)12(19)20/h8,10,17H,3-5H2,1-2H3,(H,19,20)(H,14,15,21). The number of rotatable bonds is 3. The number of nitrogens with zero attached hydrogens (tertiary/aromatic N) is 2. The Morgan fingerprint density at radius 3 is 2.67 bits per heavy atom. The van der Waals surface area contributed by atoms with E-state index in [-0.39, 0.29) is 19.4 Å². The Kier molecular flexibility index (Phi) is 4.08. The first-order valence-corrected chi connectivity index (χ1v) is 6.56. The number of likely N-dealkylation sites (tertiary alicyclic amines) is 1. The molecule has 1 aromatic rings. The number of carboxylic acid groups (broad SMARTS) is 1. The molecule has 8 heteroatoms. The molecular weight excluding hydrogens is 278 g/mol. The maximum absolute atomic E-state index is 12.3. The summed E-state index contributed by atoms with van der Waals surface area (Å²) in [5.74, 6) is -1.54. The number of aliphatic hydroxyl groups is 1. The number of aliphatic carboxylic acids is 1. The molecule has 21 heavy (non-hydrogen) atoms. The van der Waals surface area contributed by atoms with E-state index in [1.165, 1.54) is 0 Å². The SMILES string of the molecule is Cc1nc(=O)[nH]c(C)c1CC(=O)N1CC(O)CC1C(=O)O. The zero-order valence-corrected chi connectivity index (χ0v) is 11.8. The van der Waals surface area contributed by atoms with E-state index in [1.54, 1.807) is 13.8 Å². The number of hydrogen-bond acceptors (Lipinski definition) is 5. The third kappa shape index (κ3) is 3.10. The molecule has 2 heterocycles. The minimum absolute atomic E-state index is 0.00464. The average Bonchev–Trinajstić information content (AvgIpc) is 2.76. The largest absolute Gasteiger partial charge is 0.480 e. The number of aliphatic hydroxyl groups excluding tert-OH is 1. The summed E-state index contributed by atoms with van der Waals surface area (Å²) in [5.41, 5.74) is 1.06. The van der Waals surface area contributed by atoms with Crippen LogP contribution in [0.25, 0.3) is 0 Å². The van der Waals surface area contributed by atoms with Crippen LogP contribution in [0.2, 0.25) is 0 Å². The number of carbonyl (C=O) groups excluding carboxylic acids is 1. The molecule has 0 radical (unpaired) electrons. The third-order valence-corrected chi connectivity index (χ3v) is 3.67. The zero-order valence-electron chi connectivity index (χ0n) is 11.8. The van der Waals surface area contributed by atoms with E-state index in [4.69, 9.17) is 5.11 Å². The second-order valence-corrected chi connectivity index (χ2v) is 5.20. The molecule has 1 fully saturated rings. The smallest absolute Gasteiger partial charge is 0.345 e. The Balaban J connectivity index is 2.22. The van der Waals surface area contributed by atoms with Gasteiger partial charge in [0.15, 0.2) is 0 Å². The van der Waals surface area contributed by atoms with E-state index in [0.29, 0.717) is 17.0 Å². The number of β-amino-alcohol motifs (C(OH)–C–C–N with tert-alkyl or cyclic N) is 1. The Morgan fingerprint density at radius 1 is 1.43 bits per heavy atom. The van der Waals surface area contributed by atoms with Crippen LogP contribution in [-0.4, -0.2) is 55.6 Å². The van der Waals surface area contributed by atoms with Crippen LogP contribution >= 0.6 is 0 Å². The minimum Gasteiger partial charge on any atom is -0.480 e. The molecule has 1 aliphatic heterocycles. The van der Waals surface area contributed by atoms with Gasteiger partial charge in [0, 0.05) is 29.9 Å². The number of nitrogens with one attached hydrogen (secondary N) is 1. The molecule has 1 aromatic heterocycles. The molecule has 0 bridgehead atoms. The normalized spacial score (nSPS) is 21.6. The molecule has 114 valence electrons. The van der Waals surface area contributed by atoms with Crippen LogP contribution in [0, 0.1) is 13.8 Å². The number of carbonyl (C=O) groups is 2. The van der Waals surface area contributed by atoms with Gasteiger partial charge in [-0.05, 0) is 13.8 Å². The Hall–Kier alpha value is -2.22. The van der Waals surface area contributed by atoms with E-state index in [9.17, 15) is 19.5 Å². The first kappa shape index (κ1) is 15.2. The topological polar surface area (TPSA) is 124 Å². The van der Waals surface area contributed by atoms with Crippen LogP contribution in [-0.2, 0) is 16.0 Å². The third-order valence-electron chi connectivity index (χ3n) is 3.67. The number of aromatic nitrogens is 2. The lowest BCUT2D eigenvalue weighted by molar-refractivity contribution is -0.148. The monoisotopic (exact) mass is 295 g/mol. The molecular formula is C13H17N3O5. The van der Waals surface area contributed by atoms with Gasteiger partial charge in [0.2, 0.25) is 5.91 Å². The van der Waals surface area contributed by atoms with E-state index in [2.05, 4.69) is 9.97 Å². The van der Waals surface area contributed by atoms with Crippen molar-refractivity contribution >= 4 is 11.9 Å². The van der Waals surface area contributed by atoms with Crippen LogP contribution in [0.15, 0.2) is 4.79 Å². The molecule has 1 aliphatic rings. The number of aromatic amines is 1. The summed E-state index contributed by atoms with van der Waals surface area (Å²) in [6, 6.07) is -1.01. The summed E-state index contributed by atoms with van der Waals surface area (Å²) in [4.78, 5) is 42.1. The van der Waals surface area contributed by atoms with E-state index in [0.717, 1.165) is 4.90 Å². The molecule has 2 atom stereocenters. The number of carboxylic acids is 1. The molecule has 8 nitrogen and oxygen atoms in total. The summed E-state index contributed by atoms with van der Waals surface area (Å²) < 4.78 is 0. The summed E-state index contributed by atoms with van der Waals surface area (Å²) in [6.07, 6.45) is -0.855. The summed E-state index contributed by atoms with van der Waals surface area (Å²) in [7, 11) is 0. The fourth-order valence-corrected chi connectivity index (χ4v) is 2.59. The lowest BCUT2D eigenvalue weighted by Gasteiger charge is -2.21. The van der Waals surface area contributed by atoms with Gasteiger partial charge in [0.25, 0.3) is 0 Å². The number of amides is 1. The lowest BCUT2D eigenvalue weighted by atomic mass is 10.1. The van der Waals surface area contributed by atoms with Crippen molar-refractivity contribution in [3.8, 4) is 0 Å². The predicted molar refractivity (Wildman–Crippen MR) is 71.8 cm³/mol. The van der Waals surface area contributed by atoms with Gasteiger partial charge in [-0.15, -0.1) is 0 Å². The van der Waals surface area contributed by atoms with Gasteiger partial charge in [0.1, 0.15) is 6.04 Å².